The van der Waals surface area contributed by atoms with E-state index in [9.17, 15) is 4.79 Å². The van der Waals surface area contributed by atoms with Crippen molar-refractivity contribution in [3.05, 3.63) is 46.2 Å². The van der Waals surface area contributed by atoms with Gasteiger partial charge < -0.3 is 5.32 Å². The zero-order chi connectivity index (χ0) is 16.6. The molecule has 1 saturated carbocycles. The summed E-state index contributed by atoms with van der Waals surface area (Å²) in [6, 6.07) is 7.59. The van der Waals surface area contributed by atoms with Crippen molar-refractivity contribution in [2.75, 3.05) is 6.54 Å². The maximum absolute atomic E-state index is 12.7. The highest BCUT2D eigenvalue weighted by Crippen LogP contribution is 2.42. The minimum absolute atomic E-state index is 0.0311. The van der Waals surface area contributed by atoms with E-state index in [0.29, 0.717) is 29.0 Å². The van der Waals surface area contributed by atoms with Gasteiger partial charge >= 0.3 is 0 Å². The van der Waals surface area contributed by atoms with Crippen molar-refractivity contribution in [1.82, 2.24) is 15.1 Å². The predicted octanol–water partition coefficient (Wildman–Crippen LogP) is 4.10. The molecular formula is C18H22ClN3O. The molecule has 122 valence electrons. The molecule has 4 nitrogen and oxygen atoms in total. The molecule has 0 radical (unpaired) electrons. The van der Waals surface area contributed by atoms with E-state index in [-0.39, 0.29) is 5.91 Å². The van der Waals surface area contributed by atoms with Crippen LogP contribution in [0.1, 0.15) is 54.4 Å². The first kappa shape index (κ1) is 16.1. The van der Waals surface area contributed by atoms with Crippen LogP contribution in [-0.4, -0.2) is 22.2 Å². The number of nitrogens with zero attached hydrogens (tertiary/aromatic N) is 2. The van der Waals surface area contributed by atoms with E-state index in [1.54, 1.807) is 4.68 Å². The van der Waals surface area contributed by atoms with Gasteiger partial charge in [-0.15, -0.1) is 0 Å². The number of rotatable bonds is 5. The number of hydrogen-bond acceptors (Lipinski definition) is 2. The summed E-state index contributed by atoms with van der Waals surface area (Å²) in [5.74, 6) is 0.788. The van der Waals surface area contributed by atoms with E-state index < -0.39 is 0 Å². The maximum atomic E-state index is 12.7. The van der Waals surface area contributed by atoms with E-state index in [2.05, 4.69) is 19.2 Å². The number of para-hydroxylation sites is 1. The summed E-state index contributed by atoms with van der Waals surface area (Å²) in [5, 5.41) is 8.37. The van der Waals surface area contributed by atoms with E-state index >= 15 is 0 Å². The van der Waals surface area contributed by atoms with Crippen LogP contribution in [-0.2, 0) is 0 Å². The third-order valence-corrected chi connectivity index (χ3v) is 4.41. The third-order valence-electron chi connectivity index (χ3n) is 4.09. The van der Waals surface area contributed by atoms with Crippen LogP contribution in [0.2, 0.25) is 5.02 Å². The first-order valence-corrected chi connectivity index (χ1v) is 8.49. The van der Waals surface area contributed by atoms with Crippen LogP contribution in [0.4, 0.5) is 0 Å². The van der Waals surface area contributed by atoms with E-state index in [1.807, 2.05) is 31.2 Å². The number of benzene rings is 1. The normalized spacial score (nSPS) is 14.3. The van der Waals surface area contributed by atoms with Crippen LogP contribution in [0.3, 0.4) is 0 Å². The Bertz CT molecular complexity index is 732. The average Bonchev–Trinajstić information content (AvgIpc) is 3.29. The Labute approximate surface area is 141 Å². The number of hydrogen-bond donors (Lipinski definition) is 1. The lowest BCUT2D eigenvalue weighted by atomic mass is 10.1. The molecule has 1 N–H and O–H groups in total. The Morgan fingerprint density at radius 2 is 2.09 bits per heavy atom. The highest BCUT2D eigenvalue weighted by Gasteiger charge is 2.33. The topological polar surface area (TPSA) is 46.9 Å². The standard InChI is InChI=1S/C18H22ClN3O/c1-11(2)10-20-18(23)16-12(3)22(21-17(16)13-8-9-13)15-7-5-4-6-14(15)19/h4-7,11,13H,8-10H2,1-3H3,(H,20,23). The van der Waals surface area contributed by atoms with Crippen molar-refractivity contribution in [3.8, 4) is 5.69 Å². The molecule has 0 unspecified atom stereocenters. The summed E-state index contributed by atoms with van der Waals surface area (Å²) in [7, 11) is 0. The number of carbonyl (C=O) groups excluding carboxylic acids is 1. The quantitative estimate of drug-likeness (QED) is 0.896. The average molecular weight is 332 g/mol. The lowest BCUT2D eigenvalue weighted by Gasteiger charge is -2.09. The van der Waals surface area contributed by atoms with Gasteiger partial charge in [-0.25, -0.2) is 4.68 Å². The Balaban J connectivity index is 2.02. The largest absolute Gasteiger partial charge is 0.352 e. The molecule has 1 amide bonds. The second-order valence-electron chi connectivity index (χ2n) is 6.59. The summed E-state index contributed by atoms with van der Waals surface area (Å²) in [6.07, 6.45) is 2.20. The van der Waals surface area contributed by atoms with Gasteiger partial charge in [-0.3, -0.25) is 4.79 Å². The van der Waals surface area contributed by atoms with Gasteiger partial charge in [0.15, 0.2) is 0 Å². The second-order valence-corrected chi connectivity index (χ2v) is 6.99. The molecule has 1 aromatic heterocycles. The molecule has 2 aromatic rings. The van der Waals surface area contributed by atoms with Crippen LogP contribution in [0.5, 0.6) is 0 Å². The lowest BCUT2D eigenvalue weighted by molar-refractivity contribution is 0.0947. The molecule has 0 bridgehead atoms. The molecule has 1 aliphatic carbocycles. The van der Waals surface area contributed by atoms with Gasteiger partial charge in [-0.2, -0.15) is 5.10 Å². The first-order valence-electron chi connectivity index (χ1n) is 8.11. The predicted molar refractivity (Wildman–Crippen MR) is 92.5 cm³/mol. The monoisotopic (exact) mass is 331 g/mol. The highest BCUT2D eigenvalue weighted by molar-refractivity contribution is 6.32. The van der Waals surface area contributed by atoms with Gasteiger partial charge in [-0.05, 0) is 37.8 Å². The molecule has 0 saturated heterocycles. The molecule has 1 aliphatic rings. The Kier molecular flexibility index (Phi) is 4.44. The number of amides is 1. The summed E-state index contributed by atoms with van der Waals surface area (Å²) < 4.78 is 1.81. The molecule has 1 heterocycles. The Hall–Kier alpha value is -1.81. The highest BCUT2D eigenvalue weighted by atomic mass is 35.5. The maximum Gasteiger partial charge on any atom is 0.255 e. The zero-order valence-corrected chi connectivity index (χ0v) is 14.5. The van der Waals surface area contributed by atoms with Crippen LogP contribution in [0.15, 0.2) is 24.3 Å². The fourth-order valence-electron chi connectivity index (χ4n) is 2.69. The zero-order valence-electron chi connectivity index (χ0n) is 13.8. The summed E-state index contributed by atoms with van der Waals surface area (Å²) >= 11 is 6.31. The van der Waals surface area contributed by atoms with E-state index in [1.165, 1.54) is 0 Å². The number of aromatic nitrogens is 2. The minimum Gasteiger partial charge on any atom is -0.352 e. The van der Waals surface area contributed by atoms with Crippen molar-refractivity contribution >= 4 is 17.5 Å². The van der Waals surface area contributed by atoms with Gasteiger partial charge in [0.25, 0.3) is 5.91 Å². The van der Waals surface area contributed by atoms with Crippen LogP contribution >= 0.6 is 11.6 Å². The fraction of sp³-hybridized carbons (Fsp3) is 0.444. The molecule has 0 aliphatic heterocycles. The van der Waals surface area contributed by atoms with E-state index in [4.69, 9.17) is 16.7 Å². The molecule has 23 heavy (non-hydrogen) atoms. The summed E-state index contributed by atoms with van der Waals surface area (Å²) in [4.78, 5) is 12.7. The molecule has 5 heteroatoms. The molecule has 0 spiro atoms. The van der Waals surface area contributed by atoms with Crippen molar-refractivity contribution < 1.29 is 4.79 Å². The molecule has 1 aromatic carbocycles. The fourth-order valence-corrected chi connectivity index (χ4v) is 2.91. The van der Waals surface area contributed by atoms with Gasteiger partial charge in [0.1, 0.15) is 0 Å². The van der Waals surface area contributed by atoms with Gasteiger partial charge in [0.2, 0.25) is 0 Å². The van der Waals surface area contributed by atoms with Gasteiger partial charge in [0, 0.05) is 12.5 Å². The third kappa shape index (κ3) is 3.27. The first-order chi connectivity index (χ1) is 11.0. The summed E-state index contributed by atoms with van der Waals surface area (Å²) in [6.45, 7) is 6.77. The number of halogens is 1. The smallest absolute Gasteiger partial charge is 0.255 e. The molecular weight excluding hydrogens is 310 g/mol. The van der Waals surface area contributed by atoms with Gasteiger partial charge in [-0.1, -0.05) is 37.6 Å². The van der Waals surface area contributed by atoms with Crippen molar-refractivity contribution in [3.63, 3.8) is 0 Å². The van der Waals surface area contributed by atoms with Crippen LogP contribution in [0, 0.1) is 12.8 Å². The Morgan fingerprint density at radius 3 is 2.70 bits per heavy atom. The number of nitrogens with one attached hydrogen (secondary N) is 1. The van der Waals surface area contributed by atoms with Crippen LogP contribution in [0.25, 0.3) is 5.69 Å². The lowest BCUT2D eigenvalue weighted by Crippen LogP contribution is -2.28. The van der Waals surface area contributed by atoms with Crippen molar-refractivity contribution in [2.24, 2.45) is 5.92 Å². The molecule has 3 rings (SSSR count). The minimum atomic E-state index is -0.0311. The second kappa shape index (κ2) is 6.36. The Morgan fingerprint density at radius 1 is 1.39 bits per heavy atom. The summed E-state index contributed by atoms with van der Waals surface area (Å²) in [5.41, 5.74) is 3.29. The van der Waals surface area contributed by atoms with Crippen LogP contribution < -0.4 is 5.32 Å². The van der Waals surface area contributed by atoms with Gasteiger partial charge in [0.05, 0.1) is 27.7 Å². The SMILES string of the molecule is Cc1c(C(=O)NCC(C)C)c(C2CC2)nn1-c1ccccc1Cl. The number of carbonyl (C=O) groups is 1. The van der Waals surface area contributed by atoms with E-state index in [0.717, 1.165) is 29.9 Å². The van der Waals surface area contributed by atoms with Crippen molar-refractivity contribution in [1.29, 1.82) is 0 Å². The van der Waals surface area contributed by atoms with Crippen molar-refractivity contribution in [2.45, 2.75) is 39.5 Å². The molecule has 0 atom stereocenters. The molecule has 1 fully saturated rings.